The molecule has 1 spiro atoms. The van der Waals surface area contributed by atoms with Crippen LogP contribution < -0.4 is 10.2 Å². The lowest BCUT2D eigenvalue weighted by Gasteiger charge is -2.56. The monoisotopic (exact) mass is 626 g/mol. The van der Waals surface area contributed by atoms with E-state index < -0.39 is 11.8 Å². The molecule has 8 rings (SSSR count). The van der Waals surface area contributed by atoms with E-state index in [2.05, 4.69) is 19.7 Å². The highest BCUT2D eigenvalue weighted by molar-refractivity contribution is 7.13. The van der Waals surface area contributed by atoms with E-state index in [1.165, 1.54) is 6.07 Å². The summed E-state index contributed by atoms with van der Waals surface area (Å²) in [7, 11) is 0. The van der Waals surface area contributed by atoms with Crippen LogP contribution in [0.15, 0.2) is 34.9 Å². The third-order valence-corrected chi connectivity index (χ3v) is 11.3. The summed E-state index contributed by atoms with van der Waals surface area (Å²) in [6.07, 6.45) is 8.83. The Kier molecular flexibility index (Phi) is 6.34. The molecule has 2 unspecified atom stereocenters. The molecule has 4 aliphatic rings. The van der Waals surface area contributed by atoms with Crippen molar-refractivity contribution in [1.29, 1.82) is 0 Å². The summed E-state index contributed by atoms with van der Waals surface area (Å²) in [5, 5.41) is 18.9. The first-order valence-electron chi connectivity index (χ1n) is 14.6. The van der Waals surface area contributed by atoms with Gasteiger partial charge in [-0.05, 0) is 92.6 Å². The second kappa shape index (κ2) is 9.91. The van der Waals surface area contributed by atoms with Crippen LogP contribution in [0.25, 0.3) is 21.3 Å². The van der Waals surface area contributed by atoms with Crippen molar-refractivity contribution in [3.05, 3.63) is 63.2 Å². The molecule has 2 atom stereocenters. The minimum absolute atomic E-state index is 0.114. The number of carbonyl (C=O) groups is 1. The Bertz CT molecular complexity index is 1690. The molecular formula is C31H29Cl2FN4O3S. The molecule has 4 aromatic rings. The molecule has 7 nitrogen and oxygen atoms in total. The number of carboxylic acid groups (broad SMARTS) is 1. The van der Waals surface area contributed by atoms with Crippen LogP contribution in [0.1, 0.15) is 79.1 Å². The highest BCUT2D eigenvalue weighted by Gasteiger charge is 2.54. The Balaban J connectivity index is 0.967. The Morgan fingerprint density at radius 3 is 2.50 bits per heavy atom. The lowest BCUT2D eigenvalue weighted by Crippen LogP contribution is -2.57. The van der Waals surface area contributed by atoms with E-state index >= 15 is 4.39 Å². The molecule has 4 fully saturated rings. The highest BCUT2D eigenvalue weighted by Crippen LogP contribution is 2.57. The maximum atomic E-state index is 15.1. The van der Waals surface area contributed by atoms with Crippen LogP contribution in [-0.4, -0.2) is 38.7 Å². The average Bonchev–Trinajstić information content (AvgIpc) is 3.44. The quantitative estimate of drug-likeness (QED) is 0.214. The number of fused-ring (bicyclic) bond motifs is 3. The molecule has 42 heavy (non-hydrogen) atoms. The minimum atomic E-state index is -1.20. The van der Waals surface area contributed by atoms with Crippen molar-refractivity contribution in [2.45, 2.75) is 82.0 Å². The Morgan fingerprint density at radius 1 is 1.12 bits per heavy atom. The molecule has 2 saturated heterocycles. The topological polar surface area (TPSA) is 91.5 Å². The maximum Gasteiger partial charge on any atom is 0.356 e. The molecular weight excluding hydrogens is 598 g/mol. The molecule has 0 amide bonds. The van der Waals surface area contributed by atoms with E-state index in [0.29, 0.717) is 50.7 Å². The van der Waals surface area contributed by atoms with Crippen molar-refractivity contribution in [3.8, 4) is 11.3 Å². The number of carboxylic acids is 1. The lowest BCUT2D eigenvalue weighted by atomic mass is 9.58. The van der Waals surface area contributed by atoms with E-state index in [1.807, 2.05) is 24.3 Å². The number of hydrogen-bond donors (Lipinski definition) is 2. The zero-order valence-electron chi connectivity index (χ0n) is 22.7. The molecule has 11 heteroatoms. The second-order valence-electron chi connectivity index (χ2n) is 12.6. The van der Waals surface area contributed by atoms with Gasteiger partial charge in [0.2, 0.25) is 0 Å². The zero-order valence-corrected chi connectivity index (χ0v) is 25.0. The molecule has 2 aliphatic heterocycles. The van der Waals surface area contributed by atoms with Gasteiger partial charge in [0.25, 0.3) is 0 Å². The number of piperidine rings is 1. The fraction of sp³-hybridized carbons (Fsp3) is 0.452. The number of nitrogens with one attached hydrogen (secondary N) is 1. The van der Waals surface area contributed by atoms with Crippen molar-refractivity contribution in [1.82, 2.24) is 14.8 Å². The summed E-state index contributed by atoms with van der Waals surface area (Å²) in [5.74, 6) is -0.327. The SMILES string of the molecule is O=C(O)c1nsc2cc(N3C4CCC3CC3(CC(NCc5c(-c6c(Cl)cccc6Cl)noc5C5CC5)C3)C4)cc(F)c12. The van der Waals surface area contributed by atoms with Crippen LogP contribution in [0.4, 0.5) is 10.1 Å². The van der Waals surface area contributed by atoms with Gasteiger partial charge in [0.05, 0.1) is 20.1 Å². The van der Waals surface area contributed by atoms with Crippen LogP contribution >= 0.6 is 34.7 Å². The standard InChI is InChI=1S/C31H29Cl2FN4O3S/c32-21-2-1-3-22(33)25(21)27-20(29(41-36-27)15-4-5-15)14-35-16-10-31(11-16)12-17-6-7-18(13-31)38(17)19-8-23(34)26-24(9-19)42-37-28(26)30(39)40/h1-3,8-9,15-18,35H,4-7,10-14H2,(H,39,40). The summed E-state index contributed by atoms with van der Waals surface area (Å²) in [4.78, 5) is 13.9. The van der Waals surface area contributed by atoms with Crippen molar-refractivity contribution < 1.29 is 18.8 Å². The first-order chi connectivity index (χ1) is 20.3. The van der Waals surface area contributed by atoms with Gasteiger partial charge in [-0.3, -0.25) is 0 Å². The number of aromatic nitrogens is 2. The summed E-state index contributed by atoms with van der Waals surface area (Å²) in [5.41, 5.74) is 3.48. The fourth-order valence-electron chi connectivity index (χ4n) is 7.96. The van der Waals surface area contributed by atoms with Crippen molar-refractivity contribution in [2.24, 2.45) is 5.41 Å². The van der Waals surface area contributed by atoms with Crippen molar-refractivity contribution in [2.75, 3.05) is 4.90 Å². The molecule has 2 N–H and O–H groups in total. The first-order valence-corrected chi connectivity index (χ1v) is 16.1. The smallest absolute Gasteiger partial charge is 0.356 e. The van der Waals surface area contributed by atoms with Gasteiger partial charge < -0.3 is 19.8 Å². The molecule has 2 bridgehead atoms. The summed E-state index contributed by atoms with van der Waals surface area (Å²) < 4.78 is 25.5. The van der Waals surface area contributed by atoms with Crippen molar-refractivity contribution in [3.63, 3.8) is 0 Å². The van der Waals surface area contributed by atoms with Crippen LogP contribution in [-0.2, 0) is 6.54 Å². The van der Waals surface area contributed by atoms with E-state index in [0.717, 1.165) is 91.2 Å². The van der Waals surface area contributed by atoms with Crippen LogP contribution in [0.2, 0.25) is 10.0 Å². The normalized spacial score (nSPS) is 26.7. The highest BCUT2D eigenvalue weighted by atomic mass is 35.5. The van der Waals surface area contributed by atoms with Crippen LogP contribution in [0.5, 0.6) is 0 Å². The van der Waals surface area contributed by atoms with Crippen molar-refractivity contribution >= 4 is 56.5 Å². The van der Waals surface area contributed by atoms with Crippen LogP contribution in [0.3, 0.4) is 0 Å². The molecule has 0 radical (unpaired) electrons. The molecule has 2 aromatic carbocycles. The summed E-state index contributed by atoms with van der Waals surface area (Å²) >= 11 is 14.1. The van der Waals surface area contributed by atoms with Gasteiger partial charge in [0.15, 0.2) is 5.69 Å². The predicted molar refractivity (Wildman–Crippen MR) is 161 cm³/mol. The van der Waals surface area contributed by atoms with E-state index in [1.54, 1.807) is 0 Å². The molecule has 2 aromatic heterocycles. The van der Waals surface area contributed by atoms with Gasteiger partial charge in [0.1, 0.15) is 17.3 Å². The number of nitrogens with zero attached hydrogens (tertiary/aromatic N) is 3. The summed E-state index contributed by atoms with van der Waals surface area (Å²) in [6, 6.07) is 10.1. The third kappa shape index (κ3) is 4.34. The van der Waals surface area contributed by atoms with Gasteiger partial charge in [-0.2, -0.15) is 4.37 Å². The number of aromatic carboxylic acids is 1. The second-order valence-corrected chi connectivity index (χ2v) is 14.2. The fourth-order valence-corrected chi connectivity index (χ4v) is 9.36. The third-order valence-electron chi connectivity index (χ3n) is 9.86. The Labute approximate surface area is 256 Å². The number of rotatable bonds is 7. The molecule has 2 saturated carbocycles. The number of benzene rings is 2. The number of halogens is 3. The zero-order chi connectivity index (χ0) is 28.7. The van der Waals surface area contributed by atoms with Crippen LogP contribution in [0, 0.1) is 11.2 Å². The van der Waals surface area contributed by atoms with Gasteiger partial charge in [-0.25, -0.2) is 9.18 Å². The Morgan fingerprint density at radius 2 is 1.83 bits per heavy atom. The summed E-state index contributed by atoms with van der Waals surface area (Å²) in [6.45, 7) is 0.665. The molecule has 218 valence electrons. The van der Waals surface area contributed by atoms with Gasteiger partial charge in [-0.1, -0.05) is 34.4 Å². The number of anilines is 1. The van der Waals surface area contributed by atoms with Gasteiger partial charge in [-0.15, -0.1) is 0 Å². The molecule has 4 heterocycles. The Hall–Kier alpha value is -2.72. The lowest BCUT2D eigenvalue weighted by molar-refractivity contribution is 0.0348. The van der Waals surface area contributed by atoms with Gasteiger partial charge in [0, 0.05) is 47.4 Å². The molecule has 2 aliphatic carbocycles. The number of hydrogen-bond acceptors (Lipinski definition) is 7. The first kappa shape index (κ1) is 26.9. The van der Waals surface area contributed by atoms with Gasteiger partial charge >= 0.3 is 5.97 Å². The van der Waals surface area contributed by atoms with E-state index in [-0.39, 0.29) is 11.1 Å². The van der Waals surface area contributed by atoms with E-state index in [9.17, 15) is 9.90 Å². The largest absolute Gasteiger partial charge is 0.476 e. The van der Waals surface area contributed by atoms with E-state index in [4.69, 9.17) is 27.7 Å². The average molecular weight is 628 g/mol. The predicted octanol–water partition coefficient (Wildman–Crippen LogP) is 8.04. The minimum Gasteiger partial charge on any atom is -0.476 e. The maximum absolute atomic E-state index is 15.1.